The smallest absolute Gasteiger partial charge is 0.0526 e. The lowest BCUT2D eigenvalue weighted by Gasteiger charge is -2.19. The van der Waals surface area contributed by atoms with Crippen molar-refractivity contribution in [3.8, 4) is 0 Å². The van der Waals surface area contributed by atoms with Gasteiger partial charge in [0.25, 0.3) is 0 Å². The minimum absolute atomic E-state index is 1.16. The van der Waals surface area contributed by atoms with Gasteiger partial charge in [-0.3, -0.25) is 0 Å². The molecule has 1 N–H and O–H groups in total. The highest BCUT2D eigenvalue weighted by Crippen LogP contribution is 2.43. The summed E-state index contributed by atoms with van der Waals surface area (Å²) in [7, 11) is 0. The predicted octanol–water partition coefficient (Wildman–Crippen LogP) is 3.50. The van der Waals surface area contributed by atoms with Crippen LogP contribution in [0.2, 0.25) is 0 Å². The summed E-state index contributed by atoms with van der Waals surface area (Å²) in [4.78, 5) is 2.44. The molecular formula is C12H7NS. The number of hydrogen-bond acceptors (Lipinski definition) is 2. The molecule has 2 aromatic rings. The standard InChI is InChI=1S/C12H7NS/c1-3-7-11-9(5-1)13-10-6-2-4-8-12(10)14-11/h1-2,5-8,13H. The Morgan fingerprint density at radius 1 is 0.929 bits per heavy atom. The van der Waals surface area contributed by atoms with Gasteiger partial charge in [0.2, 0.25) is 0 Å². The lowest BCUT2D eigenvalue weighted by atomic mass is 10.2. The van der Waals surface area contributed by atoms with E-state index in [0.29, 0.717) is 0 Å². The molecule has 0 amide bonds. The van der Waals surface area contributed by atoms with E-state index in [1.165, 1.54) is 9.79 Å². The first kappa shape index (κ1) is 7.94. The van der Waals surface area contributed by atoms with E-state index in [4.69, 9.17) is 0 Å². The fourth-order valence-corrected chi connectivity index (χ4v) is 2.42. The van der Waals surface area contributed by atoms with Crippen LogP contribution in [0.15, 0.2) is 46.2 Å². The van der Waals surface area contributed by atoms with Crippen molar-refractivity contribution in [3.05, 3.63) is 48.5 Å². The number of nitrogens with one attached hydrogen (secondary N) is 1. The quantitative estimate of drug-likeness (QED) is 0.592. The molecule has 3 rings (SSSR count). The SMILES string of the molecule is [c]1ccc2c(c1)Sc1c[c]ccc1N2. The van der Waals surface area contributed by atoms with E-state index < -0.39 is 0 Å². The highest BCUT2D eigenvalue weighted by Gasteiger charge is 2.13. The molecule has 0 spiro atoms. The van der Waals surface area contributed by atoms with E-state index in [1.54, 1.807) is 11.8 Å². The van der Waals surface area contributed by atoms with E-state index in [2.05, 4.69) is 17.4 Å². The van der Waals surface area contributed by atoms with E-state index >= 15 is 0 Å². The first-order valence-corrected chi connectivity index (χ1v) is 5.20. The monoisotopic (exact) mass is 197 g/mol. The van der Waals surface area contributed by atoms with Crippen molar-refractivity contribution in [1.29, 1.82) is 0 Å². The fourth-order valence-electron chi connectivity index (χ4n) is 1.47. The van der Waals surface area contributed by atoms with Crippen molar-refractivity contribution >= 4 is 23.1 Å². The van der Waals surface area contributed by atoms with Crippen LogP contribution in [0.5, 0.6) is 0 Å². The minimum Gasteiger partial charge on any atom is -0.354 e. The van der Waals surface area contributed by atoms with Crippen LogP contribution in [0, 0.1) is 12.1 Å². The molecule has 2 heteroatoms. The lowest BCUT2D eigenvalue weighted by Crippen LogP contribution is -1.98. The molecule has 0 aromatic heterocycles. The van der Waals surface area contributed by atoms with Gasteiger partial charge in [0.05, 0.1) is 11.4 Å². The van der Waals surface area contributed by atoms with Gasteiger partial charge in [0.1, 0.15) is 0 Å². The summed E-state index contributed by atoms with van der Waals surface area (Å²) in [5.74, 6) is 0. The van der Waals surface area contributed by atoms with Crippen molar-refractivity contribution in [2.75, 3.05) is 5.32 Å². The summed E-state index contributed by atoms with van der Waals surface area (Å²) in [5.41, 5.74) is 2.32. The maximum atomic E-state index is 3.38. The van der Waals surface area contributed by atoms with E-state index in [-0.39, 0.29) is 0 Å². The first-order chi connectivity index (χ1) is 6.93. The molecule has 0 bridgehead atoms. The molecule has 1 heterocycles. The normalized spacial score (nSPS) is 12.6. The zero-order valence-electron chi connectivity index (χ0n) is 7.37. The van der Waals surface area contributed by atoms with Gasteiger partial charge < -0.3 is 5.32 Å². The second kappa shape index (κ2) is 3.07. The number of benzene rings is 2. The summed E-state index contributed by atoms with van der Waals surface area (Å²) in [6, 6.07) is 18.1. The number of fused-ring (bicyclic) bond motifs is 2. The molecular weight excluding hydrogens is 190 g/mol. The Morgan fingerprint density at radius 2 is 1.50 bits per heavy atom. The van der Waals surface area contributed by atoms with Gasteiger partial charge in [-0.15, -0.1) is 0 Å². The zero-order chi connectivity index (χ0) is 9.38. The molecule has 0 saturated heterocycles. The van der Waals surface area contributed by atoms with Gasteiger partial charge >= 0.3 is 0 Å². The van der Waals surface area contributed by atoms with Gasteiger partial charge in [0, 0.05) is 9.79 Å². The fraction of sp³-hybridized carbons (Fsp3) is 0. The van der Waals surface area contributed by atoms with Crippen LogP contribution in [0.1, 0.15) is 0 Å². The Morgan fingerprint density at radius 3 is 2.07 bits per heavy atom. The van der Waals surface area contributed by atoms with Crippen LogP contribution >= 0.6 is 11.8 Å². The number of rotatable bonds is 0. The minimum atomic E-state index is 1.16. The van der Waals surface area contributed by atoms with Crippen LogP contribution in [0.3, 0.4) is 0 Å². The molecule has 66 valence electrons. The van der Waals surface area contributed by atoms with Gasteiger partial charge in [-0.25, -0.2) is 0 Å². The van der Waals surface area contributed by atoms with E-state index in [0.717, 1.165) is 11.4 Å². The molecule has 2 aromatic carbocycles. The Labute approximate surface area is 87.2 Å². The van der Waals surface area contributed by atoms with Crippen molar-refractivity contribution in [1.82, 2.24) is 0 Å². The van der Waals surface area contributed by atoms with Gasteiger partial charge in [-0.2, -0.15) is 0 Å². The topological polar surface area (TPSA) is 12.0 Å². The zero-order valence-corrected chi connectivity index (χ0v) is 8.19. The summed E-state index contributed by atoms with van der Waals surface area (Å²) >= 11 is 1.76. The molecule has 1 nitrogen and oxygen atoms in total. The Balaban J connectivity index is 2.12. The average Bonchev–Trinajstić information content (AvgIpc) is 2.26. The van der Waals surface area contributed by atoms with Gasteiger partial charge in [0.15, 0.2) is 0 Å². The Bertz CT molecular complexity index is 392. The van der Waals surface area contributed by atoms with Crippen LogP contribution in [0.25, 0.3) is 0 Å². The van der Waals surface area contributed by atoms with Crippen molar-refractivity contribution in [2.45, 2.75) is 9.79 Å². The lowest BCUT2D eigenvalue weighted by molar-refractivity contribution is 1.31. The molecule has 1 aliphatic heterocycles. The molecule has 0 unspecified atom stereocenters. The molecule has 0 fully saturated rings. The molecule has 14 heavy (non-hydrogen) atoms. The number of anilines is 2. The molecule has 2 radical (unpaired) electrons. The van der Waals surface area contributed by atoms with E-state index in [9.17, 15) is 0 Å². The largest absolute Gasteiger partial charge is 0.354 e. The van der Waals surface area contributed by atoms with Crippen molar-refractivity contribution in [2.24, 2.45) is 0 Å². The summed E-state index contributed by atoms with van der Waals surface area (Å²) < 4.78 is 0. The third-order valence-corrected chi connectivity index (χ3v) is 3.26. The third kappa shape index (κ3) is 1.19. The van der Waals surface area contributed by atoms with Crippen LogP contribution in [0.4, 0.5) is 11.4 Å². The second-order valence-corrected chi connectivity index (χ2v) is 4.16. The van der Waals surface area contributed by atoms with Gasteiger partial charge in [-0.05, 0) is 36.4 Å². The summed E-state index contributed by atoms with van der Waals surface area (Å²) in [6.07, 6.45) is 0. The van der Waals surface area contributed by atoms with Crippen LogP contribution < -0.4 is 5.32 Å². The molecule has 0 saturated carbocycles. The van der Waals surface area contributed by atoms with E-state index in [1.807, 2.05) is 36.4 Å². The Hall–Kier alpha value is -1.41. The number of hydrogen-bond donors (Lipinski definition) is 1. The Kier molecular flexibility index (Phi) is 1.74. The molecule has 0 atom stereocenters. The molecule has 0 aliphatic carbocycles. The van der Waals surface area contributed by atoms with Crippen LogP contribution in [-0.2, 0) is 0 Å². The van der Waals surface area contributed by atoms with Crippen molar-refractivity contribution < 1.29 is 0 Å². The second-order valence-electron chi connectivity index (χ2n) is 3.07. The van der Waals surface area contributed by atoms with Crippen molar-refractivity contribution in [3.63, 3.8) is 0 Å². The van der Waals surface area contributed by atoms with Crippen LogP contribution in [-0.4, -0.2) is 0 Å². The highest BCUT2D eigenvalue weighted by molar-refractivity contribution is 7.99. The summed E-state index contributed by atoms with van der Waals surface area (Å²) in [6.45, 7) is 0. The third-order valence-electron chi connectivity index (χ3n) is 2.14. The van der Waals surface area contributed by atoms with Gasteiger partial charge in [-0.1, -0.05) is 23.9 Å². The maximum absolute atomic E-state index is 3.38. The maximum Gasteiger partial charge on any atom is 0.0526 e. The molecule has 1 aliphatic rings. The first-order valence-electron chi connectivity index (χ1n) is 4.38. The highest BCUT2D eigenvalue weighted by atomic mass is 32.2. The predicted molar refractivity (Wildman–Crippen MR) is 58.0 cm³/mol. The summed E-state index contributed by atoms with van der Waals surface area (Å²) in [5, 5.41) is 3.38. The average molecular weight is 197 g/mol.